The van der Waals surface area contributed by atoms with Gasteiger partial charge in [-0.25, -0.2) is 9.50 Å². The predicted octanol–water partition coefficient (Wildman–Crippen LogP) is 4.31. The van der Waals surface area contributed by atoms with Crippen molar-refractivity contribution in [2.45, 2.75) is 10.8 Å². The second kappa shape index (κ2) is 5.87. The van der Waals surface area contributed by atoms with Crippen LogP contribution >= 0.6 is 45.5 Å². The first-order valence-electron chi connectivity index (χ1n) is 6.01. The van der Waals surface area contributed by atoms with Crippen molar-refractivity contribution in [2.24, 2.45) is 0 Å². The Balaban J connectivity index is 1.87. The molecule has 0 aliphatic carbocycles. The molecule has 3 rings (SSSR count). The highest BCUT2D eigenvalue weighted by Gasteiger charge is 2.11. The fourth-order valence-electron chi connectivity index (χ4n) is 1.71. The van der Waals surface area contributed by atoms with Gasteiger partial charge in [0.05, 0.1) is 11.9 Å². The van der Waals surface area contributed by atoms with Crippen LogP contribution in [0.1, 0.15) is 6.92 Å². The lowest BCUT2D eigenvalue weighted by atomic mass is 10.2. The summed E-state index contributed by atoms with van der Waals surface area (Å²) in [4.78, 5) is 5.37. The first-order chi connectivity index (χ1) is 9.61. The molecule has 0 saturated heterocycles. The van der Waals surface area contributed by atoms with Gasteiger partial charge in [0.15, 0.2) is 0 Å². The summed E-state index contributed by atoms with van der Waals surface area (Å²) in [6, 6.07) is 7.63. The molecule has 0 fully saturated rings. The summed E-state index contributed by atoms with van der Waals surface area (Å²) < 4.78 is 7.79. The van der Waals surface area contributed by atoms with Gasteiger partial charge in [-0.15, -0.1) is 5.10 Å². The number of imidazole rings is 1. The highest BCUT2D eigenvalue weighted by molar-refractivity contribution is 14.1. The first-order valence-corrected chi connectivity index (χ1v) is 8.45. The summed E-state index contributed by atoms with van der Waals surface area (Å²) in [5.41, 5.74) is 1.85. The Hall–Kier alpha value is -0.860. The van der Waals surface area contributed by atoms with Crippen molar-refractivity contribution < 1.29 is 4.74 Å². The van der Waals surface area contributed by atoms with Crippen LogP contribution in [0.25, 0.3) is 16.2 Å². The summed E-state index contributed by atoms with van der Waals surface area (Å²) >= 11 is 9.76. The first kappa shape index (κ1) is 14.1. The molecule has 0 bridgehead atoms. The fraction of sp³-hybridized carbons (Fsp3) is 0.231. The van der Waals surface area contributed by atoms with Gasteiger partial charge in [-0.1, -0.05) is 53.2 Å². The molecule has 0 aliphatic rings. The molecule has 1 atom stereocenters. The Bertz CT molecular complexity index is 709. The summed E-state index contributed by atoms with van der Waals surface area (Å²) in [5.74, 6) is 0. The van der Waals surface area contributed by atoms with E-state index >= 15 is 0 Å². The van der Waals surface area contributed by atoms with E-state index in [2.05, 4.69) is 39.6 Å². The van der Waals surface area contributed by atoms with E-state index in [0.29, 0.717) is 20.7 Å². The second-order valence-corrected chi connectivity index (χ2v) is 7.80. The molecule has 1 aromatic carbocycles. The number of aromatic nitrogens is 3. The molecule has 2 heterocycles. The highest BCUT2D eigenvalue weighted by Crippen LogP contribution is 2.27. The Kier molecular flexibility index (Phi) is 4.13. The third kappa shape index (κ3) is 3.07. The molecule has 1 unspecified atom stereocenters. The number of ether oxygens (including phenoxy) is 1. The van der Waals surface area contributed by atoms with Crippen LogP contribution in [0.15, 0.2) is 30.5 Å². The van der Waals surface area contributed by atoms with Gasteiger partial charge in [0, 0.05) is 14.5 Å². The van der Waals surface area contributed by atoms with Crippen LogP contribution in [0.4, 0.5) is 0 Å². The smallest absolute Gasteiger partial charge is 0.294 e. The Morgan fingerprint density at radius 2 is 2.35 bits per heavy atom. The van der Waals surface area contributed by atoms with Crippen LogP contribution in [0.3, 0.4) is 0 Å². The van der Waals surface area contributed by atoms with E-state index < -0.39 is 0 Å². The van der Waals surface area contributed by atoms with Gasteiger partial charge in [-0.2, -0.15) is 0 Å². The Labute approximate surface area is 138 Å². The summed E-state index contributed by atoms with van der Waals surface area (Å²) in [7, 11) is 0. The molecule has 2 aromatic heterocycles. The van der Waals surface area contributed by atoms with Gasteiger partial charge in [0.1, 0.15) is 6.61 Å². The molecule has 20 heavy (non-hydrogen) atoms. The Morgan fingerprint density at radius 3 is 3.05 bits per heavy atom. The van der Waals surface area contributed by atoms with E-state index in [4.69, 9.17) is 16.3 Å². The molecule has 0 saturated carbocycles. The number of benzene rings is 1. The molecule has 0 spiro atoms. The topological polar surface area (TPSA) is 39.4 Å². The van der Waals surface area contributed by atoms with E-state index in [1.54, 1.807) is 4.52 Å². The molecular weight excluding hydrogens is 409 g/mol. The summed E-state index contributed by atoms with van der Waals surface area (Å²) in [6.45, 7) is 2.74. The zero-order valence-corrected chi connectivity index (χ0v) is 14.3. The van der Waals surface area contributed by atoms with E-state index in [1.807, 2.05) is 30.5 Å². The van der Waals surface area contributed by atoms with Gasteiger partial charge in [0.25, 0.3) is 5.19 Å². The van der Waals surface area contributed by atoms with Crippen molar-refractivity contribution >= 4 is 50.5 Å². The van der Waals surface area contributed by atoms with Gasteiger partial charge in [-0.3, -0.25) is 0 Å². The third-order valence-electron chi connectivity index (χ3n) is 2.58. The summed E-state index contributed by atoms with van der Waals surface area (Å²) in [5, 5.41) is 5.72. The second-order valence-electron chi connectivity index (χ2n) is 4.32. The van der Waals surface area contributed by atoms with Gasteiger partial charge in [0.2, 0.25) is 4.96 Å². The maximum Gasteiger partial charge on any atom is 0.294 e. The van der Waals surface area contributed by atoms with Crippen LogP contribution in [-0.4, -0.2) is 25.1 Å². The van der Waals surface area contributed by atoms with E-state index in [9.17, 15) is 0 Å². The SMILES string of the molecule is CC(I)COc1nn2cc(-c3cccc(Cl)c3)nc2s1. The van der Waals surface area contributed by atoms with Crippen LogP contribution in [0.5, 0.6) is 5.19 Å². The molecule has 0 aliphatic heterocycles. The number of hydrogen-bond acceptors (Lipinski definition) is 4. The molecule has 0 amide bonds. The maximum atomic E-state index is 6.00. The normalized spacial score (nSPS) is 12.8. The molecule has 4 nitrogen and oxygen atoms in total. The van der Waals surface area contributed by atoms with E-state index in [1.165, 1.54) is 11.3 Å². The average molecular weight is 420 g/mol. The predicted molar refractivity (Wildman–Crippen MR) is 90.3 cm³/mol. The average Bonchev–Trinajstić information content (AvgIpc) is 2.94. The number of fused-ring (bicyclic) bond motifs is 1. The molecule has 0 N–H and O–H groups in total. The number of alkyl halides is 1. The monoisotopic (exact) mass is 419 g/mol. The van der Waals surface area contributed by atoms with Crippen LogP contribution in [0.2, 0.25) is 5.02 Å². The zero-order chi connectivity index (χ0) is 14.1. The molecule has 104 valence electrons. The van der Waals surface area contributed by atoms with Crippen molar-refractivity contribution in [3.8, 4) is 16.5 Å². The van der Waals surface area contributed by atoms with E-state index in [0.717, 1.165) is 16.2 Å². The zero-order valence-electron chi connectivity index (χ0n) is 10.6. The minimum atomic E-state index is 0.450. The Morgan fingerprint density at radius 1 is 1.50 bits per heavy atom. The summed E-state index contributed by atoms with van der Waals surface area (Å²) in [6.07, 6.45) is 1.89. The lowest BCUT2D eigenvalue weighted by molar-refractivity contribution is 0.320. The van der Waals surface area contributed by atoms with Gasteiger partial charge in [-0.05, 0) is 23.5 Å². The van der Waals surface area contributed by atoms with E-state index in [-0.39, 0.29) is 0 Å². The van der Waals surface area contributed by atoms with Crippen molar-refractivity contribution in [1.82, 2.24) is 14.6 Å². The third-order valence-corrected chi connectivity index (χ3v) is 4.01. The quantitative estimate of drug-likeness (QED) is 0.467. The molecule has 3 aromatic rings. The van der Waals surface area contributed by atoms with Crippen LogP contribution in [-0.2, 0) is 0 Å². The minimum Gasteiger partial charge on any atom is -0.468 e. The number of hydrogen-bond donors (Lipinski definition) is 0. The highest BCUT2D eigenvalue weighted by atomic mass is 127. The molecule has 7 heteroatoms. The lowest BCUT2D eigenvalue weighted by Crippen LogP contribution is -2.06. The lowest BCUT2D eigenvalue weighted by Gasteiger charge is -2.02. The fourth-order valence-corrected chi connectivity index (χ4v) is 2.83. The molecule has 0 radical (unpaired) electrons. The number of nitrogens with zero attached hydrogens (tertiary/aromatic N) is 3. The van der Waals surface area contributed by atoms with Crippen molar-refractivity contribution in [1.29, 1.82) is 0 Å². The largest absolute Gasteiger partial charge is 0.468 e. The maximum absolute atomic E-state index is 6.00. The van der Waals surface area contributed by atoms with Crippen molar-refractivity contribution in [3.63, 3.8) is 0 Å². The van der Waals surface area contributed by atoms with Crippen molar-refractivity contribution in [2.75, 3.05) is 6.61 Å². The molecular formula is C13H11ClIN3OS. The minimum absolute atomic E-state index is 0.450. The van der Waals surface area contributed by atoms with Gasteiger partial charge >= 0.3 is 0 Å². The van der Waals surface area contributed by atoms with Crippen molar-refractivity contribution in [3.05, 3.63) is 35.5 Å². The number of rotatable bonds is 4. The van der Waals surface area contributed by atoms with Crippen LogP contribution in [0, 0.1) is 0 Å². The number of halogens is 2. The van der Waals surface area contributed by atoms with Gasteiger partial charge < -0.3 is 4.74 Å². The van der Waals surface area contributed by atoms with Crippen LogP contribution < -0.4 is 4.74 Å². The standard InChI is InChI=1S/C13H11ClIN3OS/c1-8(15)7-19-13-17-18-6-11(16-12(18)20-13)9-3-2-4-10(14)5-9/h2-6,8H,7H2,1H3.